The number of rotatable bonds is 7. The molecule has 0 spiro atoms. The van der Waals surface area contributed by atoms with Crippen LogP contribution in [0, 0.1) is 0 Å². The summed E-state index contributed by atoms with van der Waals surface area (Å²) < 4.78 is 2.30. The van der Waals surface area contributed by atoms with Gasteiger partial charge in [0.1, 0.15) is 10.9 Å². The lowest BCUT2D eigenvalue weighted by Gasteiger charge is -2.13. The Hall–Kier alpha value is -2.11. The highest BCUT2D eigenvalue weighted by Crippen LogP contribution is 2.35. The van der Waals surface area contributed by atoms with E-state index < -0.39 is 0 Å². The summed E-state index contributed by atoms with van der Waals surface area (Å²) in [4.78, 5) is 10.4. The van der Waals surface area contributed by atoms with Crippen LogP contribution in [0.15, 0.2) is 64.8 Å². The lowest BCUT2D eigenvalue weighted by Crippen LogP contribution is -2.11. The van der Waals surface area contributed by atoms with E-state index >= 15 is 0 Å². The number of nitrogens with zero attached hydrogens (tertiary/aromatic N) is 3. The number of imidazole rings is 1. The predicted molar refractivity (Wildman–Crippen MR) is 103 cm³/mol. The van der Waals surface area contributed by atoms with Gasteiger partial charge >= 0.3 is 0 Å². The average Bonchev–Trinajstić information content (AvgIpc) is 2.95. The standard InChI is InChI=1S/C20H24N4S/c1-15(2)19-20(25-17-8-4-3-5-9-17)24(18(23-19)10-11-21)14-16-7-6-12-22-13-16/h3-9,12-13,15H,10-11,14,21H2,1-2H3. The van der Waals surface area contributed by atoms with Gasteiger partial charge < -0.3 is 10.3 Å². The third kappa shape index (κ3) is 4.30. The van der Waals surface area contributed by atoms with Crippen molar-refractivity contribution in [3.63, 3.8) is 0 Å². The van der Waals surface area contributed by atoms with Crippen molar-refractivity contribution in [2.24, 2.45) is 5.73 Å². The normalized spacial score (nSPS) is 11.2. The van der Waals surface area contributed by atoms with E-state index in [-0.39, 0.29) is 0 Å². The van der Waals surface area contributed by atoms with Gasteiger partial charge in [0.15, 0.2) is 0 Å². The van der Waals surface area contributed by atoms with Crippen molar-refractivity contribution in [2.75, 3.05) is 6.54 Å². The zero-order valence-corrected chi connectivity index (χ0v) is 15.5. The number of hydrogen-bond acceptors (Lipinski definition) is 4. The molecule has 3 aromatic rings. The Morgan fingerprint density at radius 1 is 1.12 bits per heavy atom. The van der Waals surface area contributed by atoms with Crippen LogP contribution in [0.2, 0.25) is 0 Å². The summed E-state index contributed by atoms with van der Waals surface area (Å²) in [5.74, 6) is 1.41. The van der Waals surface area contributed by atoms with Gasteiger partial charge in [-0.3, -0.25) is 4.98 Å². The molecular weight excluding hydrogens is 328 g/mol. The maximum absolute atomic E-state index is 5.84. The van der Waals surface area contributed by atoms with E-state index in [1.54, 1.807) is 18.0 Å². The SMILES string of the molecule is CC(C)c1nc(CCN)n(Cc2cccnc2)c1Sc1ccccc1. The Morgan fingerprint density at radius 3 is 2.56 bits per heavy atom. The van der Waals surface area contributed by atoms with E-state index in [0.717, 1.165) is 24.5 Å². The number of nitrogens with two attached hydrogens (primary N) is 1. The molecule has 0 unspecified atom stereocenters. The number of benzene rings is 1. The molecule has 0 aliphatic heterocycles. The molecule has 0 aliphatic carbocycles. The predicted octanol–water partition coefficient (Wildman–Crippen LogP) is 4.10. The van der Waals surface area contributed by atoms with Crippen molar-refractivity contribution in [3.8, 4) is 0 Å². The van der Waals surface area contributed by atoms with Crippen LogP contribution in [-0.2, 0) is 13.0 Å². The fourth-order valence-corrected chi connectivity index (χ4v) is 3.93. The molecule has 0 aliphatic rings. The molecule has 4 nitrogen and oxygen atoms in total. The van der Waals surface area contributed by atoms with Crippen molar-refractivity contribution in [1.82, 2.24) is 14.5 Å². The van der Waals surface area contributed by atoms with Crippen LogP contribution in [0.5, 0.6) is 0 Å². The van der Waals surface area contributed by atoms with Crippen molar-refractivity contribution in [1.29, 1.82) is 0 Å². The summed E-state index contributed by atoms with van der Waals surface area (Å²) in [6.45, 7) is 5.74. The summed E-state index contributed by atoms with van der Waals surface area (Å²) in [6, 6.07) is 14.5. The zero-order chi connectivity index (χ0) is 17.6. The molecule has 3 rings (SSSR count). The van der Waals surface area contributed by atoms with Gasteiger partial charge in [0.25, 0.3) is 0 Å². The highest BCUT2D eigenvalue weighted by molar-refractivity contribution is 7.99. The van der Waals surface area contributed by atoms with Gasteiger partial charge in [-0.1, -0.05) is 49.9 Å². The van der Waals surface area contributed by atoms with Crippen molar-refractivity contribution in [3.05, 3.63) is 71.9 Å². The van der Waals surface area contributed by atoms with Crippen molar-refractivity contribution >= 4 is 11.8 Å². The summed E-state index contributed by atoms with van der Waals surface area (Å²) >= 11 is 1.77. The molecule has 5 heteroatoms. The molecule has 1 aromatic carbocycles. The van der Waals surface area contributed by atoms with Crippen LogP contribution in [0.25, 0.3) is 0 Å². The van der Waals surface area contributed by atoms with E-state index in [1.165, 1.54) is 15.5 Å². The number of aromatic nitrogens is 3. The van der Waals surface area contributed by atoms with E-state index in [4.69, 9.17) is 10.7 Å². The van der Waals surface area contributed by atoms with Gasteiger partial charge in [0, 0.05) is 23.7 Å². The zero-order valence-electron chi connectivity index (χ0n) is 14.7. The van der Waals surface area contributed by atoms with E-state index in [2.05, 4.69) is 53.7 Å². The Balaban J connectivity index is 2.05. The molecule has 2 N–H and O–H groups in total. The second-order valence-corrected chi connectivity index (χ2v) is 7.34. The molecule has 2 aromatic heterocycles. The summed E-state index contributed by atoms with van der Waals surface area (Å²) in [7, 11) is 0. The minimum Gasteiger partial charge on any atom is -0.330 e. The van der Waals surface area contributed by atoms with Crippen LogP contribution in [0.1, 0.15) is 36.8 Å². The monoisotopic (exact) mass is 352 g/mol. The van der Waals surface area contributed by atoms with E-state index in [0.29, 0.717) is 12.5 Å². The largest absolute Gasteiger partial charge is 0.330 e. The van der Waals surface area contributed by atoms with Gasteiger partial charge in [-0.2, -0.15) is 0 Å². The van der Waals surface area contributed by atoms with Crippen LogP contribution in [-0.4, -0.2) is 21.1 Å². The molecule has 0 amide bonds. The van der Waals surface area contributed by atoms with Crippen molar-refractivity contribution in [2.45, 2.75) is 42.7 Å². The Morgan fingerprint density at radius 2 is 1.92 bits per heavy atom. The first-order chi connectivity index (χ1) is 12.2. The Labute approximate surface area is 153 Å². The van der Waals surface area contributed by atoms with Gasteiger partial charge in [0.05, 0.1) is 12.2 Å². The first-order valence-corrected chi connectivity index (χ1v) is 9.42. The first kappa shape index (κ1) is 17.7. The summed E-state index contributed by atoms with van der Waals surface area (Å²) in [6.07, 6.45) is 4.49. The lowest BCUT2D eigenvalue weighted by molar-refractivity contribution is 0.663. The third-order valence-electron chi connectivity index (χ3n) is 3.96. The fraction of sp³-hybridized carbons (Fsp3) is 0.300. The van der Waals surface area contributed by atoms with Crippen LogP contribution in [0.4, 0.5) is 0 Å². The second-order valence-electron chi connectivity index (χ2n) is 6.27. The highest BCUT2D eigenvalue weighted by Gasteiger charge is 2.20. The Kier molecular flexibility index (Phi) is 5.89. The molecule has 0 fully saturated rings. The maximum atomic E-state index is 5.84. The van der Waals surface area contributed by atoms with Crippen LogP contribution in [0.3, 0.4) is 0 Å². The summed E-state index contributed by atoms with van der Waals surface area (Å²) in [5.41, 5.74) is 8.15. The molecule has 0 radical (unpaired) electrons. The second kappa shape index (κ2) is 8.32. The van der Waals surface area contributed by atoms with Gasteiger partial charge in [-0.15, -0.1) is 0 Å². The minimum absolute atomic E-state index is 0.359. The highest BCUT2D eigenvalue weighted by atomic mass is 32.2. The number of pyridine rings is 1. The van der Waals surface area contributed by atoms with Crippen LogP contribution < -0.4 is 5.73 Å². The summed E-state index contributed by atoms with van der Waals surface area (Å²) in [5, 5.41) is 1.20. The molecule has 25 heavy (non-hydrogen) atoms. The average molecular weight is 353 g/mol. The van der Waals surface area contributed by atoms with Gasteiger partial charge in [0.2, 0.25) is 0 Å². The van der Waals surface area contributed by atoms with Crippen molar-refractivity contribution < 1.29 is 0 Å². The lowest BCUT2D eigenvalue weighted by atomic mass is 10.1. The quantitative estimate of drug-likeness (QED) is 0.695. The topological polar surface area (TPSA) is 56.7 Å². The molecule has 0 atom stereocenters. The van der Waals surface area contributed by atoms with E-state index in [9.17, 15) is 0 Å². The van der Waals surface area contributed by atoms with Crippen LogP contribution >= 0.6 is 11.8 Å². The molecule has 0 bridgehead atoms. The third-order valence-corrected chi connectivity index (χ3v) is 5.09. The molecule has 130 valence electrons. The minimum atomic E-state index is 0.359. The number of hydrogen-bond donors (Lipinski definition) is 1. The molecular formula is C20H24N4S. The molecule has 0 saturated heterocycles. The fourth-order valence-electron chi connectivity index (χ4n) is 2.74. The molecule has 2 heterocycles. The smallest absolute Gasteiger partial charge is 0.111 e. The van der Waals surface area contributed by atoms with Gasteiger partial charge in [-0.05, 0) is 36.2 Å². The first-order valence-electron chi connectivity index (χ1n) is 8.60. The maximum Gasteiger partial charge on any atom is 0.111 e. The molecule has 0 saturated carbocycles. The van der Waals surface area contributed by atoms with E-state index in [1.807, 2.05) is 18.3 Å². The van der Waals surface area contributed by atoms with Gasteiger partial charge in [-0.25, -0.2) is 4.98 Å². The Bertz CT molecular complexity index is 797.